The Kier molecular flexibility index (Phi) is 6.90. The molecule has 0 amide bonds. The Balaban J connectivity index is 1.70. The van der Waals surface area contributed by atoms with Crippen LogP contribution in [0.4, 0.5) is 0 Å². The van der Waals surface area contributed by atoms with Crippen LogP contribution in [0.5, 0.6) is 11.5 Å². The fraction of sp³-hybridized carbons (Fsp3) is 0.269. The second kappa shape index (κ2) is 9.87. The highest BCUT2D eigenvalue weighted by Gasteiger charge is 2.30. The number of primary sulfonamides is 1. The number of fused-ring (bicyclic) bond motifs is 3. The van der Waals surface area contributed by atoms with Crippen molar-refractivity contribution in [2.45, 2.75) is 31.1 Å². The molecule has 0 bridgehead atoms. The Morgan fingerprint density at radius 3 is 2.44 bits per heavy atom. The molecule has 8 heteroatoms. The van der Waals surface area contributed by atoms with Crippen molar-refractivity contribution in [1.82, 2.24) is 0 Å². The lowest BCUT2D eigenvalue weighted by Crippen LogP contribution is -2.18. The van der Waals surface area contributed by atoms with Crippen LogP contribution in [0.3, 0.4) is 0 Å². The smallest absolute Gasteiger partial charge is 0.305 e. The van der Waals surface area contributed by atoms with Crippen molar-refractivity contribution < 1.29 is 27.4 Å². The predicted octanol–water partition coefficient (Wildman–Crippen LogP) is 4.13. The zero-order chi connectivity index (χ0) is 24.3. The molecule has 1 unspecified atom stereocenters. The van der Waals surface area contributed by atoms with Gasteiger partial charge in [-0.25, -0.2) is 13.6 Å². The van der Waals surface area contributed by atoms with Crippen LogP contribution >= 0.6 is 0 Å². The number of hydrogen-bond acceptors (Lipinski definition) is 6. The average molecular weight is 482 g/mol. The van der Waals surface area contributed by atoms with Gasteiger partial charge >= 0.3 is 5.97 Å². The fourth-order valence-corrected chi connectivity index (χ4v) is 4.90. The topological polar surface area (TPSA) is 105 Å². The van der Waals surface area contributed by atoms with Crippen molar-refractivity contribution in [3.63, 3.8) is 0 Å². The number of benzene rings is 3. The summed E-state index contributed by atoms with van der Waals surface area (Å²) in [4.78, 5) is 11.3. The number of hydrogen-bond donors (Lipinski definition) is 1. The van der Waals surface area contributed by atoms with E-state index in [-0.39, 0.29) is 11.7 Å². The molecule has 1 aliphatic rings. The van der Waals surface area contributed by atoms with Crippen molar-refractivity contribution in [3.05, 3.63) is 82.9 Å². The molecule has 3 aromatic rings. The SMILES string of the molecule is COC(=O)CCCc1ccc(C2Oc3cccc(OC)c3-c3ccc(CS(N)(=O)=O)cc32)cc1. The molecule has 1 heterocycles. The lowest BCUT2D eigenvalue weighted by molar-refractivity contribution is -0.140. The Bertz CT molecular complexity index is 1300. The van der Waals surface area contributed by atoms with E-state index in [2.05, 4.69) is 0 Å². The number of carbonyl (C=O) groups excluding carboxylic acids is 1. The molecular formula is C26H27NO6S. The van der Waals surface area contributed by atoms with Gasteiger partial charge in [-0.3, -0.25) is 4.79 Å². The molecule has 178 valence electrons. The van der Waals surface area contributed by atoms with Crippen LogP contribution in [0.2, 0.25) is 0 Å². The minimum atomic E-state index is -3.68. The lowest BCUT2D eigenvalue weighted by Gasteiger charge is -2.30. The van der Waals surface area contributed by atoms with Gasteiger partial charge in [0.1, 0.15) is 17.6 Å². The molecule has 7 nitrogen and oxygen atoms in total. The van der Waals surface area contributed by atoms with Gasteiger partial charge in [0, 0.05) is 12.0 Å². The summed E-state index contributed by atoms with van der Waals surface area (Å²) in [5, 5.41) is 5.29. The van der Waals surface area contributed by atoms with Crippen LogP contribution in [0.25, 0.3) is 11.1 Å². The van der Waals surface area contributed by atoms with Crippen molar-refractivity contribution in [2.75, 3.05) is 14.2 Å². The number of sulfonamides is 1. The minimum absolute atomic E-state index is 0.215. The number of nitrogens with two attached hydrogens (primary N) is 1. The Morgan fingerprint density at radius 1 is 1.03 bits per heavy atom. The fourth-order valence-electron chi connectivity index (χ4n) is 4.26. The standard InChI is InChI=1S/C26H27NO6S/c1-31-22-6-4-7-23-25(22)20-14-11-18(16-34(27,29)30)15-21(20)26(33-23)19-12-9-17(10-13-19)5-3-8-24(28)32-2/h4,6-7,9-15,26H,3,5,8,16H2,1-2H3,(H2,27,29,30). The van der Waals surface area contributed by atoms with E-state index in [1.54, 1.807) is 13.2 Å². The van der Waals surface area contributed by atoms with Gasteiger partial charge in [-0.1, -0.05) is 48.5 Å². The number of methoxy groups -OCH3 is 2. The minimum Gasteiger partial charge on any atom is -0.496 e. The first kappa shape index (κ1) is 23.8. The van der Waals surface area contributed by atoms with E-state index in [9.17, 15) is 13.2 Å². The highest BCUT2D eigenvalue weighted by atomic mass is 32.2. The second-order valence-corrected chi connectivity index (χ2v) is 9.85. The maximum atomic E-state index is 11.7. The number of aryl methyl sites for hydroxylation is 1. The maximum absolute atomic E-state index is 11.7. The van der Waals surface area contributed by atoms with Crippen LogP contribution in [0, 0.1) is 0 Å². The van der Waals surface area contributed by atoms with Gasteiger partial charge in [0.2, 0.25) is 10.0 Å². The Morgan fingerprint density at radius 2 is 1.76 bits per heavy atom. The van der Waals surface area contributed by atoms with E-state index >= 15 is 0 Å². The summed E-state index contributed by atoms with van der Waals surface area (Å²) in [7, 11) is -0.683. The normalized spacial score (nSPS) is 14.5. The van der Waals surface area contributed by atoms with E-state index in [1.165, 1.54) is 7.11 Å². The first-order valence-corrected chi connectivity index (χ1v) is 12.6. The van der Waals surface area contributed by atoms with E-state index in [0.29, 0.717) is 29.9 Å². The highest BCUT2D eigenvalue weighted by Crippen LogP contribution is 2.49. The van der Waals surface area contributed by atoms with Gasteiger partial charge < -0.3 is 14.2 Å². The highest BCUT2D eigenvalue weighted by molar-refractivity contribution is 7.88. The van der Waals surface area contributed by atoms with Gasteiger partial charge in [0.25, 0.3) is 0 Å². The molecule has 0 aliphatic carbocycles. The number of ether oxygens (including phenoxy) is 3. The van der Waals surface area contributed by atoms with Crippen molar-refractivity contribution in [2.24, 2.45) is 5.14 Å². The largest absolute Gasteiger partial charge is 0.496 e. The summed E-state index contributed by atoms with van der Waals surface area (Å²) in [5.74, 6) is 0.897. The molecule has 4 rings (SSSR count). The van der Waals surface area contributed by atoms with Crippen LogP contribution in [0.1, 0.15) is 41.2 Å². The van der Waals surface area contributed by atoms with Crippen LogP contribution in [-0.4, -0.2) is 28.6 Å². The van der Waals surface area contributed by atoms with Gasteiger partial charge in [-0.2, -0.15) is 0 Å². The molecule has 1 aliphatic heterocycles. The third-order valence-electron chi connectivity index (χ3n) is 5.84. The third-order valence-corrected chi connectivity index (χ3v) is 6.58. The van der Waals surface area contributed by atoms with Crippen LogP contribution in [0.15, 0.2) is 60.7 Å². The summed E-state index contributed by atoms with van der Waals surface area (Å²) >= 11 is 0. The molecule has 0 radical (unpaired) electrons. The number of esters is 1. The monoisotopic (exact) mass is 481 g/mol. The second-order valence-electron chi connectivity index (χ2n) is 8.23. The zero-order valence-corrected chi connectivity index (χ0v) is 19.9. The van der Waals surface area contributed by atoms with E-state index in [4.69, 9.17) is 19.3 Å². The van der Waals surface area contributed by atoms with E-state index in [1.807, 2.05) is 54.6 Å². The molecule has 0 spiro atoms. The maximum Gasteiger partial charge on any atom is 0.305 e. The zero-order valence-electron chi connectivity index (χ0n) is 19.1. The Hall–Kier alpha value is -3.36. The summed E-state index contributed by atoms with van der Waals surface area (Å²) in [6.45, 7) is 0. The van der Waals surface area contributed by atoms with E-state index < -0.39 is 16.1 Å². The van der Waals surface area contributed by atoms with Crippen LogP contribution in [-0.2, 0) is 31.7 Å². The van der Waals surface area contributed by atoms with Gasteiger partial charge in [0.05, 0.1) is 25.5 Å². The molecule has 3 aromatic carbocycles. The van der Waals surface area contributed by atoms with Crippen LogP contribution < -0.4 is 14.6 Å². The third kappa shape index (κ3) is 5.24. The summed E-state index contributed by atoms with van der Waals surface area (Å²) < 4.78 is 40.1. The number of rotatable bonds is 8. The molecule has 34 heavy (non-hydrogen) atoms. The average Bonchev–Trinajstić information content (AvgIpc) is 2.82. The predicted molar refractivity (Wildman–Crippen MR) is 129 cm³/mol. The van der Waals surface area contributed by atoms with Gasteiger partial charge in [-0.15, -0.1) is 0 Å². The molecule has 2 N–H and O–H groups in total. The molecular weight excluding hydrogens is 454 g/mol. The van der Waals surface area contributed by atoms with Crippen molar-refractivity contribution in [3.8, 4) is 22.6 Å². The van der Waals surface area contributed by atoms with Crippen molar-refractivity contribution in [1.29, 1.82) is 0 Å². The molecule has 0 saturated carbocycles. The van der Waals surface area contributed by atoms with Gasteiger partial charge in [-0.05, 0) is 47.2 Å². The molecule has 1 atom stereocenters. The molecule has 0 saturated heterocycles. The van der Waals surface area contributed by atoms with Crippen molar-refractivity contribution >= 4 is 16.0 Å². The summed E-state index contributed by atoms with van der Waals surface area (Å²) in [5.41, 5.74) is 5.22. The Labute approximate surface area is 199 Å². The van der Waals surface area contributed by atoms with E-state index in [0.717, 1.165) is 34.2 Å². The van der Waals surface area contributed by atoms with Gasteiger partial charge in [0.15, 0.2) is 0 Å². The molecule has 0 fully saturated rings. The first-order chi connectivity index (χ1) is 16.3. The number of carbonyl (C=O) groups is 1. The lowest BCUT2D eigenvalue weighted by atomic mass is 9.87. The summed E-state index contributed by atoms with van der Waals surface area (Å²) in [6, 6.07) is 19.2. The first-order valence-electron chi connectivity index (χ1n) is 10.9. The quantitative estimate of drug-likeness (QED) is 0.485. The molecule has 0 aromatic heterocycles. The summed E-state index contributed by atoms with van der Waals surface area (Å²) in [6.07, 6.45) is 1.41.